The van der Waals surface area contributed by atoms with Crippen molar-refractivity contribution in [3.63, 3.8) is 0 Å². The maximum atomic E-state index is 11.4. The first-order chi connectivity index (χ1) is 8.83. The van der Waals surface area contributed by atoms with Gasteiger partial charge in [0.25, 0.3) is 0 Å². The molecule has 1 fully saturated rings. The Labute approximate surface area is 116 Å². The standard InChI is InChI=1S/C17H26O2/c1-11(2)14-7-6-12(3)15-8-9-17(5,16(15)10-14)19-13(4)18/h10-11,15-16H,3,6-9H2,1-2,4-5H3. The Morgan fingerprint density at radius 2 is 2.16 bits per heavy atom. The van der Waals surface area contributed by atoms with E-state index in [1.54, 1.807) is 0 Å². The maximum absolute atomic E-state index is 11.4. The molecule has 0 N–H and O–H groups in total. The second kappa shape index (κ2) is 5.15. The van der Waals surface area contributed by atoms with Gasteiger partial charge in [-0.2, -0.15) is 0 Å². The lowest BCUT2D eigenvalue weighted by molar-refractivity contribution is -0.157. The lowest BCUT2D eigenvalue weighted by Gasteiger charge is -2.32. The lowest BCUT2D eigenvalue weighted by atomic mass is 9.83. The first-order valence-corrected chi connectivity index (χ1v) is 7.41. The fourth-order valence-electron chi connectivity index (χ4n) is 3.70. The molecule has 0 aromatic heterocycles. The second-order valence-corrected chi connectivity index (χ2v) is 6.63. The molecule has 2 aliphatic carbocycles. The van der Waals surface area contributed by atoms with Crippen LogP contribution in [0.1, 0.15) is 53.4 Å². The zero-order chi connectivity index (χ0) is 14.2. The van der Waals surface area contributed by atoms with E-state index in [9.17, 15) is 4.79 Å². The topological polar surface area (TPSA) is 26.3 Å². The normalized spacial score (nSPS) is 34.8. The molecule has 2 aliphatic rings. The SMILES string of the molecule is C=C1CCC(C(C)C)=CC2C1CCC2(C)OC(C)=O. The number of carbonyl (C=O) groups is 1. The van der Waals surface area contributed by atoms with Gasteiger partial charge in [0, 0.05) is 12.8 Å². The molecule has 0 aromatic carbocycles. The third-order valence-electron chi connectivity index (χ3n) is 4.86. The van der Waals surface area contributed by atoms with Gasteiger partial charge < -0.3 is 4.74 Å². The number of esters is 1. The van der Waals surface area contributed by atoms with Crippen molar-refractivity contribution in [2.24, 2.45) is 17.8 Å². The molecule has 0 amide bonds. The fraction of sp³-hybridized carbons (Fsp3) is 0.706. The van der Waals surface area contributed by atoms with E-state index in [0.717, 1.165) is 25.7 Å². The molecule has 0 bridgehead atoms. The third kappa shape index (κ3) is 2.77. The average Bonchev–Trinajstić information content (AvgIpc) is 2.49. The fourth-order valence-corrected chi connectivity index (χ4v) is 3.70. The van der Waals surface area contributed by atoms with Crippen LogP contribution in [0, 0.1) is 17.8 Å². The largest absolute Gasteiger partial charge is 0.459 e. The van der Waals surface area contributed by atoms with Crippen LogP contribution in [-0.4, -0.2) is 11.6 Å². The van der Waals surface area contributed by atoms with Gasteiger partial charge in [0.2, 0.25) is 0 Å². The summed E-state index contributed by atoms with van der Waals surface area (Å²) < 4.78 is 5.68. The van der Waals surface area contributed by atoms with Crippen LogP contribution in [0.25, 0.3) is 0 Å². The van der Waals surface area contributed by atoms with Crippen molar-refractivity contribution >= 4 is 5.97 Å². The monoisotopic (exact) mass is 262 g/mol. The summed E-state index contributed by atoms with van der Waals surface area (Å²) in [6.07, 6.45) is 6.63. The van der Waals surface area contributed by atoms with E-state index in [0.29, 0.717) is 17.8 Å². The lowest BCUT2D eigenvalue weighted by Crippen LogP contribution is -2.36. The van der Waals surface area contributed by atoms with E-state index < -0.39 is 0 Å². The molecule has 3 unspecified atom stereocenters. The highest BCUT2D eigenvalue weighted by Crippen LogP contribution is 2.50. The number of fused-ring (bicyclic) bond motifs is 1. The molecule has 2 rings (SSSR count). The van der Waals surface area contributed by atoms with Crippen LogP contribution in [0.2, 0.25) is 0 Å². The van der Waals surface area contributed by atoms with Gasteiger partial charge in [-0.15, -0.1) is 0 Å². The number of allylic oxidation sites excluding steroid dienone is 2. The highest BCUT2D eigenvalue weighted by molar-refractivity contribution is 5.66. The predicted molar refractivity (Wildman–Crippen MR) is 77.7 cm³/mol. The van der Waals surface area contributed by atoms with Crippen LogP contribution in [-0.2, 0) is 9.53 Å². The van der Waals surface area contributed by atoms with Gasteiger partial charge in [0.05, 0.1) is 0 Å². The van der Waals surface area contributed by atoms with E-state index in [2.05, 4.69) is 33.4 Å². The molecule has 0 heterocycles. The van der Waals surface area contributed by atoms with Gasteiger partial charge in [-0.05, 0) is 44.4 Å². The summed E-state index contributed by atoms with van der Waals surface area (Å²) >= 11 is 0. The van der Waals surface area contributed by atoms with Crippen molar-refractivity contribution in [2.75, 3.05) is 0 Å². The number of hydrogen-bond donors (Lipinski definition) is 0. The quantitative estimate of drug-likeness (QED) is 0.549. The second-order valence-electron chi connectivity index (χ2n) is 6.63. The average molecular weight is 262 g/mol. The van der Waals surface area contributed by atoms with Gasteiger partial charge in [-0.25, -0.2) is 0 Å². The Morgan fingerprint density at radius 3 is 2.74 bits per heavy atom. The van der Waals surface area contributed by atoms with Crippen LogP contribution >= 0.6 is 0 Å². The van der Waals surface area contributed by atoms with Crippen molar-refractivity contribution in [3.05, 3.63) is 23.8 Å². The Balaban J connectivity index is 2.34. The highest BCUT2D eigenvalue weighted by atomic mass is 16.6. The third-order valence-corrected chi connectivity index (χ3v) is 4.86. The minimum Gasteiger partial charge on any atom is -0.459 e. The molecule has 1 saturated carbocycles. The Hall–Kier alpha value is -1.05. The minimum absolute atomic E-state index is 0.169. The van der Waals surface area contributed by atoms with E-state index in [-0.39, 0.29) is 11.6 Å². The van der Waals surface area contributed by atoms with Crippen LogP contribution < -0.4 is 0 Å². The van der Waals surface area contributed by atoms with Gasteiger partial charge in [0.15, 0.2) is 0 Å². The molecule has 0 saturated heterocycles. The molecular formula is C17H26O2. The molecule has 0 aliphatic heterocycles. The summed E-state index contributed by atoms with van der Waals surface area (Å²) in [5.74, 6) is 1.19. The molecule has 0 radical (unpaired) electrons. The van der Waals surface area contributed by atoms with Gasteiger partial charge >= 0.3 is 5.97 Å². The number of carbonyl (C=O) groups excluding carboxylic acids is 1. The summed E-state index contributed by atoms with van der Waals surface area (Å²) in [5.41, 5.74) is 2.49. The van der Waals surface area contributed by atoms with Gasteiger partial charge in [0.1, 0.15) is 5.60 Å². The van der Waals surface area contributed by atoms with Crippen molar-refractivity contribution in [1.29, 1.82) is 0 Å². The Morgan fingerprint density at radius 1 is 1.47 bits per heavy atom. The van der Waals surface area contributed by atoms with Crippen LogP contribution in [0.4, 0.5) is 0 Å². The molecule has 0 aromatic rings. The summed E-state index contributed by atoms with van der Waals surface area (Å²) in [6.45, 7) is 12.4. The maximum Gasteiger partial charge on any atom is 0.303 e. The zero-order valence-electron chi connectivity index (χ0n) is 12.7. The Bertz CT molecular complexity index is 419. The summed E-state index contributed by atoms with van der Waals surface area (Å²) in [7, 11) is 0. The summed E-state index contributed by atoms with van der Waals surface area (Å²) in [6, 6.07) is 0. The number of ether oxygens (including phenoxy) is 1. The van der Waals surface area contributed by atoms with Gasteiger partial charge in [-0.1, -0.05) is 37.6 Å². The molecular weight excluding hydrogens is 236 g/mol. The molecule has 2 nitrogen and oxygen atoms in total. The van der Waals surface area contributed by atoms with E-state index >= 15 is 0 Å². The van der Waals surface area contributed by atoms with E-state index in [1.807, 2.05) is 0 Å². The highest BCUT2D eigenvalue weighted by Gasteiger charge is 2.48. The molecule has 3 atom stereocenters. The molecule has 19 heavy (non-hydrogen) atoms. The minimum atomic E-state index is -0.343. The van der Waals surface area contributed by atoms with Crippen LogP contribution in [0.5, 0.6) is 0 Å². The van der Waals surface area contributed by atoms with E-state index in [1.165, 1.54) is 18.1 Å². The molecule has 2 heteroatoms. The summed E-state index contributed by atoms with van der Waals surface area (Å²) in [5, 5.41) is 0. The van der Waals surface area contributed by atoms with E-state index in [4.69, 9.17) is 4.74 Å². The first-order valence-electron chi connectivity index (χ1n) is 7.41. The summed E-state index contributed by atoms with van der Waals surface area (Å²) in [4.78, 5) is 11.4. The van der Waals surface area contributed by atoms with Crippen molar-refractivity contribution in [3.8, 4) is 0 Å². The van der Waals surface area contributed by atoms with Crippen LogP contribution in [0.3, 0.4) is 0 Å². The Kier molecular flexibility index (Phi) is 3.89. The van der Waals surface area contributed by atoms with Gasteiger partial charge in [-0.3, -0.25) is 4.79 Å². The van der Waals surface area contributed by atoms with Crippen molar-refractivity contribution in [2.45, 2.75) is 59.0 Å². The molecule has 106 valence electrons. The van der Waals surface area contributed by atoms with Crippen LogP contribution in [0.15, 0.2) is 23.8 Å². The smallest absolute Gasteiger partial charge is 0.303 e. The first kappa shape index (κ1) is 14.4. The molecule has 0 spiro atoms. The predicted octanol–water partition coefficient (Wildman–Crippen LogP) is 4.27. The number of rotatable bonds is 2. The van der Waals surface area contributed by atoms with Crippen molar-refractivity contribution in [1.82, 2.24) is 0 Å². The van der Waals surface area contributed by atoms with Crippen molar-refractivity contribution < 1.29 is 9.53 Å². The number of hydrogen-bond acceptors (Lipinski definition) is 2. The zero-order valence-corrected chi connectivity index (χ0v) is 12.7.